The third-order valence-corrected chi connectivity index (χ3v) is 18.4. The lowest BCUT2D eigenvalue weighted by Gasteiger charge is -2.32. The number of rotatable bonds is 11. The first-order valence-electron chi connectivity index (χ1n) is 25.8. The van der Waals surface area contributed by atoms with Crippen LogP contribution in [-0.4, -0.2) is 80.3 Å². The van der Waals surface area contributed by atoms with E-state index in [1.54, 1.807) is 69.0 Å². The van der Waals surface area contributed by atoms with Gasteiger partial charge in [0.2, 0.25) is 11.8 Å². The molecule has 0 radical (unpaired) electrons. The van der Waals surface area contributed by atoms with Crippen LogP contribution in [0.2, 0.25) is 0 Å². The number of nitrogens with two attached hydrogens (primary N) is 1. The zero-order valence-corrected chi connectivity index (χ0v) is 55.0. The second-order valence-electron chi connectivity index (χ2n) is 20.2. The molecule has 8 aromatic rings. The SMILES string of the molecule is C.C.CC(=O)Nc1cc(-c2cnc(C)c(CS(=O)(=O)c3ccc(F)cc3F)c2)ccn1.CC(=O)Nc1cc(B2OC(C)(C)C(C)(C)O2)ccn1.Cc1ncc(Br)cc1CS(=O)(=O)c1ccc(F)cc1F.Cc1ncc(Br)cc1N.O=S(=O)(Cl)c1ccc(F)cc1F. The van der Waals surface area contributed by atoms with Gasteiger partial charge in [-0.2, -0.15) is 0 Å². The number of anilines is 3. The summed E-state index contributed by atoms with van der Waals surface area (Å²) < 4.78 is 163. The van der Waals surface area contributed by atoms with Gasteiger partial charge >= 0.3 is 7.12 Å². The minimum Gasteiger partial charge on any atom is -0.399 e. The van der Waals surface area contributed by atoms with Crippen molar-refractivity contribution in [3.05, 3.63) is 200 Å². The molecule has 1 aliphatic rings. The number of carbonyl (C=O) groups is 2. The Kier molecular flexibility index (Phi) is 28.2. The van der Waals surface area contributed by atoms with E-state index in [4.69, 9.17) is 25.7 Å². The van der Waals surface area contributed by atoms with Gasteiger partial charge in [-0.3, -0.25) is 24.5 Å². The lowest BCUT2D eigenvalue weighted by molar-refractivity contribution is -0.115. The van der Waals surface area contributed by atoms with Gasteiger partial charge in [0.25, 0.3) is 9.05 Å². The summed E-state index contributed by atoms with van der Waals surface area (Å²) >= 11 is 6.46. The number of aryl methyl sites for hydroxylation is 3. The number of aromatic nitrogens is 5. The van der Waals surface area contributed by atoms with E-state index >= 15 is 0 Å². The minimum absolute atomic E-state index is 0. The summed E-state index contributed by atoms with van der Waals surface area (Å²) in [6, 6.07) is 18.8. The van der Waals surface area contributed by atoms with Gasteiger partial charge in [0.05, 0.1) is 34.1 Å². The Balaban J connectivity index is 0.000000310. The van der Waals surface area contributed by atoms with E-state index in [1.807, 2.05) is 46.8 Å². The molecule has 91 heavy (non-hydrogen) atoms. The highest BCUT2D eigenvalue weighted by Crippen LogP contribution is 2.37. The normalized spacial score (nSPS) is 12.9. The van der Waals surface area contributed by atoms with Crippen LogP contribution in [0, 0.1) is 55.7 Å². The Morgan fingerprint density at radius 1 is 0.538 bits per heavy atom. The van der Waals surface area contributed by atoms with Gasteiger partial charge in [0.1, 0.15) is 61.2 Å². The Morgan fingerprint density at radius 2 is 0.934 bits per heavy atom. The van der Waals surface area contributed by atoms with Crippen LogP contribution < -0.4 is 21.8 Å². The summed E-state index contributed by atoms with van der Waals surface area (Å²) in [7, 11) is -7.70. The van der Waals surface area contributed by atoms with E-state index in [0.717, 1.165) is 57.7 Å². The second kappa shape index (κ2) is 32.9. The number of hydrogen-bond donors (Lipinski definition) is 3. The molecule has 0 spiro atoms. The third kappa shape index (κ3) is 22.9. The van der Waals surface area contributed by atoms with Gasteiger partial charge in [-0.1, -0.05) is 14.9 Å². The molecule has 9 rings (SSSR count). The number of halogens is 9. The maximum absolute atomic E-state index is 14.0. The molecular formula is C60H64BBr2ClF6N8O10S3. The Morgan fingerprint density at radius 3 is 1.35 bits per heavy atom. The summed E-state index contributed by atoms with van der Waals surface area (Å²) in [5.74, 6) is -6.41. The molecule has 6 heterocycles. The molecule has 0 atom stereocenters. The van der Waals surface area contributed by atoms with Crippen molar-refractivity contribution in [2.45, 2.75) is 115 Å². The molecule has 0 unspecified atom stereocenters. The van der Waals surface area contributed by atoms with Crippen molar-refractivity contribution in [2.75, 3.05) is 16.4 Å². The molecule has 18 nitrogen and oxygen atoms in total. The molecule has 0 bridgehead atoms. The quantitative estimate of drug-likeness (QED) is 0.0470. The molecule has 4 N–H and O–H groups in total. The van der Waals surface area contributed by atoms with E-state index in [1.165, 1.54) is 20.0 Å². The summed E-state index contributed by atoms with van der Waals surface area (Å²) in [5.41, 5.74) is 10.3. The van der Waals surface area contributed by atoms with Gasteiger partial charge < -0.3 is 25.7 Å². The molecular weight excluding hydrogens is 1410 g/mol. The standard InChI is InChI=1S/C20H17F2N3O3S.C13H19BN2O3.C13H10BrF2NO2S.C6H7BrN2.C6H3ClF2O2S.2CH4/c1-12-16(11-29(27,28)19-4-3-17(21)9-18(19)22)7-15(10-24-12)14-5-6-23-20(8-14)25-13(2)26;1-9(17)16-11-8-10(6-7-15-11)14-18-12(2,3)13(4,5)19-14;1-8-9(4-10(14)6-17-8)7-20(18,19)13-3-2-11(15)5-12(13)16;1-4-6(8)2-5(7)3-9-4;7-12(10,11)6-2-1-4(8)3-5(6)9;;/h3-10H,11H2,1-2H3,(H,23,25,26);6-8H,1-5H3,(H,15,16,17);2-6H,7H2,1H3;2-3H,8H2,1H3;1-3H;2*1H4. The van der Waals surface area contributed by atoms with Crippen LogP contribution >= 0.6 is 42.5 Å². The number of benzene rings is 3. The molecule has 1 aliphatic heterocycles. The number of hydrogen-bond acceptors (Lipinski definition) is 16. The fraction of sp³-hybridized carbons (Fsp3) is 0.250. The zero-order chi connectivity index (χ0) is 66.6. The number of nitrogens with one attached hydrogen (secondary N) is 2. The highest BCUT2D eigenvalue weighted by molar-refractivity contribution is 9.10. The molecule has 2 amide bonds. The number of pyridine rings is 5. The molecule has 31 heteroatoms. The first-order valence-corrected chi connectivity index (χ1v) is 33.0. The predicted molar refractivity (Wildman–Crippen MR) is 346 cm³/mol. The summed E-state index contributed by atoms with van der Waals surface area (Å²) in [6.45, 7) is 16.0. The molecule has 5 aromatic heterocycles. The van der Waals surface area contributed by atoms with Crippen molar-refractivity contribution in [3.8, 4) is 11.1 Å². The lowest BCUT2D eigenvalue weighted by Crippen LogP contribution is -2.41. The van der Waals surface area contributed by atoms with Crippen molar-refractivity contribution < 1.29 is 70.5 Å². The summed E-state index contributed by atoms with van der Waals surface area (Å²) in [4.78, 5) is 40.8. The number of carbonyl (C=O) groups excluding carboxylic acids is 2. The summed E-state index contributed by atoms with van der Waals surface area (Å²) in [6.07, 6.45) is 7.98. The molecule has 0 saturated carbocycles. The number of amides is 2. The van der Waals surface area contributed by atoms with E-state index in [9.17, 15) is 61.2 Å². The lowest BCUT2D eigenvalue weighted by atomic mass is 9.80. The van der Waals surface area contributed by atoms with E-state index in [2.05, 4.69) is 67.4 Å². The fourth-order valence-corrected chi connectivity index (χ4v) is 12.1. The number of nitrogen functional groups attached to an aromatic ring is 1. The van der Waals surface area contributed by atoms with Crippen molar-refractivity contribution in [3.63, 3.8) is 0 Å². The first kappa shape index (κ1) is 78.1. The van der Waals surface area contributed by atoms with E-state index in [0.29, 0.717) is 67.9 Å². The highest BCUT2D eigenvalue weighted by atomic mass is 79.9. The monoisotopic (exact) mass is 1470 g/mol. The van der Waals surface area contributed by atoms with Crippen LogP contribution in [0.1, 0.15) is 84.6 Å². The van der Waals surface area contributed by atoms with Crippen molar-refractivity contribution in [1.29, 1.82) is 0 Å². The molecule has 1 fully saturated rings. The van der Waals surface area contributed by atoms with Crippen LogP contribution in [0.5, 0.6) is 0 Å². The molecule has 0 aliphatic carbocycles. The maximum atomic E-state index is 14.0. The Labute approximate surface area is 546 Å². The minimum atomic E-state index is -4.12. The van der Waals surface area contributed by atoms with Crippen molar-refractivity contribution in [2.24, 2.45) is 0 Å². The van der Waals surface area contributed by atoms with Crippen LogP contribution in [0.3, 0.4) is 0 Å². The average Bonchev–Trinajstić information content (AvgIpc) is 1.77. The molecule has 3 aromatic carbocycles. The van der Waals surface area contributed by atoms with Gasteiger partial charge in [0, 0.05) is 99.6 Å². The second-order valence-corrected chi connectivity index (χ2v) is 28.5. The predicted octanol–water partition coefficient (Wildman–Crippen LogP) is 13.3. The van der Waals surface area contributed by atoms with Crippen LogP contribution in [0.25, 0.3) is 11.1 Å². The van der Waals surface area contributed by atoms with Crippen LogP contribution in [-0.2, 0) is 59.1 Å². The van der Waals surface area contributed by atoms with Crippen molar-refractivity contribution in [1.82, 2.24) is 24.9 Å². The van der Waals surface area contributed by atoms with Crippen molar-refractivity contribution >= 4 is 113 Å². The smallest absolute Gasteiger partial charge is 0.399 e. The third-order valence-electron chi connectivity index (χ3n) is 12.8. The maximum Gasteiger partial charge on any atom is 0.495 e. The van der Waals surface area contributed by atoms with Crippen LogP contribution in [0.4, 0.5) is 43.7 Å². The Bertz CT molecular complexity index is 4270. The topological polar surface area (TPSA) is 270 Å². The van der Waals surface area contributed by atoms with Gasteiger partial charge in [-0.25, -0.2) is 61.6 Å². The number of sulfone groups is 2. The fourth-order valence-electron chi connectivity index (χ4n) is 7.47. The van der Waals surface area contributed by atoms with E-state index in [-0.39, 0.29) is 37.9 Å². The average molecular weight is 1470 g/mol. The largest absolute Gasteiger partial charge is 0.495 e. The van der Waals surface area contributed by atoms with Gasteiger partial charge in [-0.05, 0) is 181 Å². The van der Waals surface area contributed by atoms with Gasteiger partial charge in [0.15, 0.2) is 19.7 Å². The van der Waals surface area contributed by atoms with E-state index < -0.39 is 96.9 Å². The van der Waals surface area contributed by atoms with Gasteiger partial charge in [-0.15, -0.1) is 0 Å². The van der Waals surface area contributed by atoms with Crippen LogP contribution in [0.15, 0.2) is 152 Å². The highest BCUT2D eigenvalue weighted by Gasteiger charge is 2.51. The number of nitrogens with zero attached hydrogens (tertiary/aromatic N) is 5. The Hall–Kier alpha value is -7.19. The zero-order valence-electron chi connectivity index (χ0n) is 48.6. The first-order chi connectivity index (χ1) is 41.3. The molecule has 488 valence electrons. The molecule has 1 saturated heterocycles. The summed E-state index contributed by atoms with van der Waals surface area (Å²) in [5, 5.41) is 5.22.